The van der Waals surface area contributed by atoms with Crippen LogP contribution in [-0.4, -0.2) is 27.8 Å². The molecule has 5 heteroatoms. The van der Waals surface area contributed by atoms with Gasteiger partial charge in [0, 0.05) is 6.20 Å². The lowest BCUT2D eigenvalue weighted by molar-refractivity contribution is -0.142. The predicted octanol–water partition coefficient (Wildman–Crippen LogP) is 1.52. The molecule has 1 heterocycles. The summed E-state index contributed by atoms with van der Waals surface area (Å²) in [6, 6.07) is 1.76. The molecule has 0 bridgehead atoms. The Kier molecular flexibility index (Phi) is 4.39. The minimum atomic E-state index is -0.232. The Morgan fingerprint density at radius 2 is 2.50 bits per heavy atom. The normalized spacial score (nSPS) is 12.1. The second-order valence-corrected chi connectivity index (χ2v) is 3.92. The Hall–Kier alpha value is -1.10. The Balaban J connectivity index is 2.49. The summed E-state index contributed by atoms with van der Waals surface area (Å²) in [7, 11) is 0. The van der Waals surface area contributed by atoms with E-state index in [9.17, 15) is 4.79 Å². The number of rotatable bonds is 4. The van der Waals surface area contributed by atoms with Gasteiger partial charge in [0.1, 0.15) is 16.6 Å². The number of nitrogens with zero attached hydrogens (tertiary/aromatic N) is 2. The summed E-state index contributed by atoms with van der Waals surface area (Å²) in [5.41, 5.74) is 0. The molecule has 4 nitrogen and oxygen atoms in total. The third-order valence-electron chi connectivity index (χ3n) is 1.47. The van der Waals surface area contributed by atoms with Gasteiger partial charge in [0.15, 0.2) is 0 Å². The van der Waals surface area contributed by atoms with Crippen molar-refractivity contribution in [3.8, 4) is 0 Å². The molecular weight excluding hydrogens is 200 g/mol. The van der Waals surface area contributed by atoms with Crippen LogP contribution in [0, 0.1) is 0 Å². The summed E-state index contributed by atoms with van der Waals surface area (Å²) in [6.45, 7) is 4.00. The van der Waals surface area contributed by atoms with Crippen molar-refractivity contribution in [3.05, 3.63) is 18.6 Å². The molecule has 1 unspecified atom stereocenters. The van der Waals surface area contributed by atoms with E-state index >= 15 is 0 Å². The molecule has 0 saturated heterocycles. The molecular formula is C9H12N2O2S. The van der Waals surface area contributed by atoms with E-state index < -0.39 is 0 Å². The summed E-state index contributed by atoms with van der Waals surface area (Å²) in [6.07, 6.45) is 3.10. The molecule has 0 saturated carbocycles. The standard InChI is InChI=1S/C9H12N2O2S/c1-3-13-9(12)7(2)14-8-4-5-10-6-11-8/h4-7H,3H2,1-2H3. The fraction of sp³-hybridized carbons (Fsp3) is 0.444. The zero-order chi connectivity index (χ0) is 10.4. The average molecular weight is 212 g/mol. The Labute approximate surface area is 87.1 Å². The van der Waals surface area contributed by atoms with E-state index in [1.807, 2.05) is 0 Å². The second kappa shape index (κ2) is 5.59. The Morgan fingerprint density at radius 1 is 1.71 bits per heavy atom. The lowest BCUT2D eigenvalue weighted by atomic mass is 10.5. The topological polar surface area (TPSA) is 52.1 Å². The van der Waals surface area contributed by atoms with Gasteiger partial charge in [-0.2, -0.15) is 0 Å². The highest BCUT2D eigenvalue weighted by atomic mass is 32.2. The minimum Gasteiger partial charge on any atom is -0.465 e. The van der Waals surface area contributed by atoms with Gasteiger partial charge < -0.3 is 4.74 Å². The lowest BCUT2D eigenvalue weighted by Gasteiger charge is -2.08. The fourth-order valence-corrected chi connectivity index (χ4v) is 1.61. The molecule has 0 spiro atoms. The third-order valence-corrected chi connectivity index (χ3v) is 2.50. The largest absolute Gasteiger partial charge is 0.465 e. The van der Waals surface area contributed by atoms with Crippen LogP contribution in [0.3, 0.4) is 0 Å². The van der Waals surface area contributed by atoms with Crippen molar-refractivity contribution in [1.29, 1.82) is 0 Å². The first-order valence-electron chi connectivity index (χ1n) is 4.33. The van der Waals surface area contributed by atoms with Crippen molar-refractivity contribution < 1.29 is 9.53 Å². The van der Waals surface area contributed by atoms with E-state index in [0.717, 1.165) is 5.03 Å². The van der Waals surface area contributed by atoms with E-state index in [4.69, 9.17) is 4.74 Å². The van der Waals surface area contributed by atoms with Crippen LogP contribution in [0.4, 0.5) is 0 Å². The molecule has 0 aliphatic heterocycles. The SMILES string of the molecule is CCOC(=O)C(C)Sc1ccncn1. The molecule has 76 valence electrons. The van der Waals surface area contributed by atoms with E-state index in [2.05, 4.69) is 9.97 Å². The van der Waals surface area contributed by atoms with Crippen LogP contribution in [-0.2, 0) is 9.53 Å². The highest BCUT2D eigenvalue weighted by molar-refractivity contribution is 8.00. The number of hydrogen-bond donors (Lipinski definition) is 0. The molecule has 1 rings (SSSR count). The maximum Gasteiger partial charge on any atom is 0.319 e. The summed E-state index contributed by atoms with van der Waals surface area (Å²) in [5, 5.41) is 0.547. The van der Waals surface area contributed by atoms with E-state index in [1.165, 1.54) is 18.1 Å². The van der Waals surface area contributed by atoms with Crippen molar-refractivity contribution in [2.75, 3.05) is 6.61 Å². The van der Waals surface area contributed by atoms with Crippen molar-refractivity contribution in [2.45, 2.75) is 24.1 Å². The first-order chi connectivity index (χ1) is 6.74. The van der Waals surface area contributed by atoms with Crippen LogP contribution < -0.4 is 0 Å². The van der Waals surface area contributed by atoms with Gasteiger partial charge in [0.2, 0.25) is 0 Å². The molecule has 0 fully saturated rings. The van der Waals surface area contributed by atoms with Crippen molar-refractivity contribution >= 4 is 17.7 Å². The van der Waals surface area contributed by atoms with Crippen molar-refractivity contribution in [1.82, 2.24) is 9.97 Å². The molecule has 0 radical (unpaired) electrons. The molecule has 1 aromatic rings. The zero-order valence-corrected chi connectivity index (χ0v) is 8.95. The summed E-state index contributed by atoms with van der Waals surface area (Å²) >= 11 is 1.37. The minimum absolute atomic E-state index is 0.212. The van der Waals surface area contributed by atoms with Crippen LogP contribution in [0.1, 0.15) is 13.8 Å². The smallest absolute Gasteiger partial charge is 0.319 e. The van der Waals surface area contributed by atoms with Gasteiger partial charge in [0.25, 0.3) is 0 Å². The number of aromatic nitrogens is 2. The predicted molar refractivity (Wildman–Crippen MR) is 54.0 cm³/mol. The summed E-state index contributed by atoms with van der Waals surface area (Å²) in [5.74, 6) is -0.212. The molecule has 0 N–H and O–H groups in total. The maximum absolute atomic E-state index is 11.3. The maximum atomic E-state index is 11.3. The van der Waals surface area contributed by atoms with Crippen LogP contribution >= 0.6 is 11.8 Å². The number of esters is 1. The van der Waals surface area contributed by atoms with Gasteiger partial charge in [-0.3, -0.25) is 4.79 Å². The van der Waals surface area contributed by atoms with Crippen LogP contribution in [0.2, 0.25) is 0 Å². The van der Waals surface area contributed by atoms with Crippen molar-refractivity contribution in [3.63, 3.8) is 0 Å². The van der Waals surface area contributed by atoms with Crippen molar-refractivity contribution in [2.24, 2.45) is 0 Å². The second-order valence-electron chi connectivity index (χ2n) is 2.56. The van der Waals surface area contributed by atoms with Crippen LogP contribution in [0.15, 0.2) is 23.6 Å². The zero-order valence-electron chi connectivity index (χ0n) is 8.14. The molecule has 14 heavy (non-hydrogen) atoms. The summed E-state index contributed by atoms with van der Waals surface area (Å²) in [4.78, 5) is 19.1. The first-order valence-corrected chi connectivity index (χ1v) is 5.21. The first kappa shape index (κ1) is 11.0. The Morgan fingerprint density at radius 3 is 3.07 bits per heavy atom. The van der Waals surface area contributed by atoms with E-state index in [-0.39, 0.29) is 11.2 Å². The number of ether oxygens (including phenoxy) is 1. The third kappa shape index (κ3) is 3.33. The number of thioether (sulfide) groups is 1. The lowest BCUT2D eigenvalue weighted by Crippen LogP contribution is -2.16. The van der Waals surface area contributed by atoms with E-state index in [1.54, 1.807) is 26.1 Å². The van der Waals surface area contributed by atoms with Gasteiger partial charge in [-0.05, 0) is 19.9 Å². The van der Waals surface area contributed by atoms with Gasteiger partial charge >= 0.3 is 5.97 Å². The highest BCUT2D eigenvalue weighted by Crippen LogP contribution is 2.20. The number of hydrogen-bond acceptors (Lipinski definition) is 5. The van der Waals surface area contributed by atoms with Gasteiger partial charge in [-0.25, -0.2) is 9.97 Å². The summed E-state index contributed by atoms with van der Waals surface area (Å²) < 4.78 is 4.87. The molecule has 0 amide bonds. The Bertz CT molecular complexity index is 292. The average Bonchev–Trinajstić information content (AvgIpc) is 2.19. The molecule has 0 aromatic carbocycles. The van der Waals surface area contributed by atoms with Gasteiger partial charge in [0.05, 0.1) is 6.61 Å². The molecule has 0 aliphatic carbocycles. The number of carbonyl (C=O) groups excluding carboxylic acids is 1. The van der Waals surface area contributed by atoms with Gasteiger partial charge in [-0.1, -0.05) is 11.8 Å². The number of carbonyl (C=O) groups is 1. The fourth-order valence-electron chi connectivity index (χ4n) is 0.837. The van der Waals surface area contributed by atoms with Crippen LogP contribution in [0.5, 0.6) is 0 Å². The molecule has 1 atom stereocenters. The molecule has 1 aromatic heterocycles. The quantitative estimate of drug-likeness (QED) is 0.430. The van der Waals surface area contributed by atoms with E-state index in [0.29, 0.717) is 6.61 Å². The molecule has 0 aliphatic rings. The monoisotopic (exact) mass is 212 g/mol. The van der Waals surface area contributed by atoms with Crippen LogP contribution in [0.25, 0.3) is 0 Å². The highest BCUT2D eigenvalue weighted by Gasteiger charge is 2.15. The van der Waals surface area contributed by atoms with Gasteiger partial charge in [-0.15, -0.1) is 0 Å².